The Morgan fingerprint density at radius 3 is 2.64 bits per heavy atom. The van der Waals surface area contributed by atoms with E-state index in [1.165, 1.54) is 50.6 Å². The van der Waals surface area contributed by atoms with Gasteiger partial charge in [0.25, 0.3) is 0 Å². The lowest BCUT2D eigenvalue weighted by atomic mass is 10.1. The van der Waals surface area contributed by atoms with E-state index < -0.39 is 0 Å². The fourth-order valence-electron chi connectivity index (χ4n) is 3.69. The number of ether oxygens (including phenoxy) is 1. The Balaban J connectivity index is 1.54. The Hall–Kier alpha value is -1.59. The average molecular weight is 389 g/mol. The molecule has 28 heavy (non-hydrogen) atoms. The lowest BCUT2D eigenvalue weighted by Crippen LogP contribution is -2.40. The van der Waals surface area contributed by atoms with Crippen LogP contribution in [-0.4, -0.2) is 69.7 Å². The maximum atomic E-state index is 5.94. The van der Waals surface area contributed by atoms with Crippen LogP contribution in [0.5, 0.6) is 0 Å². The number of nitrogens with one attached hydrogen (secondary N) is 1. The van der Waals surface area contributed by atoms with Crippen molar-refractivity contribution in [1.29, 1.82) is 0 Å². The van der Waals surface area contributed by atoms with Gasteiger partial charge in [-0.25, -0.2) is 0 Å². The molecule has 1 atom stereocenters. The SMILES string of the molecule is CN=C(NCCCCCCCN(C)C)N1CCC(COCc2ccccc2)C1. The zero-order chi connectivity index (χ0) is 20.0. The van der Waals surface area contributed by atoms with Crippen molar-refractivity contribution in [2.75, 3.05) is 53.9 Å². The predicted molar refractivity (Wildman–Crippen MR) is 119 cm³/mol. The normalized spacial score (nSPS) is 17.5. The third-order valence-electron chi connectivity index (χ3n) is 5.33. The highest BCUT2D eigenvalue weighted by atomic mass is 16.5. The lowest BCUT2D eigenvalue weighted by Gasteiger charge is -2.21. The van der Waals surface area contributed by atoms with Gasteiger partial charge >= 0.3 is 0 Å². The number of likely N-dealkylation sites (tertiary alicyclic amines) is 1. The first-order valence-electron chi connectivity index (χ1n) is 10.9. The molecule has 5 nitrogen and oxygen atoms in total. The second kappa shape index (κ2) is 13.6. The van der Waals surface area contributed by atoms with Crippen LogP contribution in [0.2, 0.25) is 0 Å². The Labute approximate surface area is 172 Å². The topological polar surface area (TPSA) is 40.1 Å². The molecule has 1 N–H and O–H groups in total. The van der Waals surface area contributed by atoms with Crippen molar-refractivity contribution in [3.63, 3.8) is 0 Å². The van der Waals surface area contributed by atoms with E-state index in [2.05, 4.69) is 58.5 Å². The summed E-state index contributed by atoms with van der Waals surface area (Å²) in [5, 5.41) is 3.55. The van der Waals surface area contributed by atoms with Crippen molar-refractivity contribution < 1.29 is 4.74 Å². The van der Waals surface area contributed by atoms with Crippen molar-refractivity contribution in [2.45, 2.75) is 45.1 Å². The second-order valence-corrected chi connectivity index (χ2v) is 8.15. The van der Waals surface area contributed by atoms with Gasteiger partial charge in [-0.05, 0) is 45.5 Å². The smallest absolute Gasteiger partial charge is 0.193 e. The average Bonchev–Trinajstić information content (AvgIpc) is 3.16. The third kappa shape index (κ3) is 9.07. The van der Waals surface area contributed by atoms with Crippen LogP contribution in [0.25, 0.3) is 0 Å². The molecular weight excluding hydrogens is 348 g/mol. The summed E-state index contributed by atoms with van der Waals surface area (Å²) >= 11 is 0. The van der Waals surface area contributed by atoms with Crippen LogP contribution >= 0.6 is 0 Å². The number of guanidine groups is 1. The van der Waals surface area contributed by atoms with Crippen molar-refractivity contribution in [3.8, 4) is 0 Å². The highest BCUT2D eigenvalue weighted by Crippen LogP contribution is 2.17. The Kier molecular flexibility index (Phi) is 11.0. The molecule has 5 heteroatoms. The summed E-state index contributed by atoms with van der Waals surface area (Å²) in [4.78, 5) is 9.13. The minimum atomic E-state index is 0.596. The minimum absolute atomic E-state index is 0.596. The summed E-state index contributed by atoms with van der Waals surface area (Å²) in [6, 6.07) is 10.4. The summed E-state index contributed by atoms with van der Waals surface area (Å²) in [7, 11) is 6.19. The first kappa shape index (κ1) is 22.7. The fraction of sp³-hybridized carbons (Fsp3) is 0.696. The van der Waals surface area contributed by atoms with Crippen molar-refractivity contribution in [3.05, 3.63) is 35.9 Å². The van der Waals surface area contributed by atoms with Gasteiger partial charge in [-0.15, -0.1) is 0 Å². The van der Waals surface area contributed by atoms with Crippen molar-refractivity contribution in [1.82, 2.24) is 15.1 Å². The van der Waals surface area contributed by atoms with Crippen LogP contribution in [0, 0.1) is 5.92 Å². The van der Waals surface area contributed by atoms with Gasteiger partial charge in [-0.2, -0.15) is 0 Å². The molecule has 2 rings (SSSR count). The zero-order valence-electron chi connectivity index (χ0n) is 18.2. The molecule has 158 valence electrons. The summed E-state index contributed by atoms with van der Waals surface area (Å²) in [6.45, 7) is 5.87. The van der Waals surface area contributed by atoms with E-state index in [1.54, 1.807) is 0 Å². The minimum Gasteiger partial charge on any atom is -0.376 e. The van der Waals surface area contributed by atoms with Crippen LogP contribution in [0.3, 0.4) is 0 Å². The molecule has 0 saturated carbocycles. The molecule has 1 unspecified atom stereocenters. The van der Waals surface area contributed by atoms with Crippen LogP contribution in [0.1, 0.15) is 44.1 Å². The van der Waals surface area contributed by atoms with E-state index in [0.29, 0.717) is 12.5 Å². The Bertz CT molecular complexity index is 547. The van der Waals surface area contributed by atoms with Gasteiger partial charge < -0.3 is 19.9 Å². The molecular formula is C23H40N4O. The van der Waals surface area contributed by atoms with E-state index in [-0.39, 0.29) is 0 Å². The lowest BCUT2D eigenvalue weighted by molar-refractivity contribution is 0.0907. The van der Waals surface area contributed by atoms with Gasteiger partial charge in [-0.1, -0.05) is 49.6 Å². The highest BCUT2D eigenvalue weighted by Gasteiger charge is 2.24. The molecule has 0 aliphatic carbocycles. The van der Waals surface area contributed by atoms with Gasteiger partial charge in [0, 0.05) is 32.6 Å². The predicted octanol–water partition coefficient (Wildman–Crippen LogP) is 3.61. The number of hydrogen-bond donors (Lipinski definition) is 1. The molecule has 0 aromatic heterocycles. The second-order valence-electron chi connectivity index (χ2n) is 8.15. The van der Waals surface area contributed by atoms with E-state index >= 15 is 0 Å². The first-order chi connectivity index (χ1) is 13.7. The maximum Gasteiger partial charge on any atom is 0.193 e. The van der Waals surface area contributed by atoms with Crippen LogP contribution in [0.15, 0.2) is 35.3 Å². The molecule has 1 aliphatic rings. The number of rotatable bonds is 12. The Morgan fingerprint density at radius 1 is 1.14 bits per heavy atom. The van der Waals surface area contributed by atoms with Gasteiger partial charge in [0.2, 0.25) is 0 Å². The Morgan fingerprint density at radius 2 is 1.89 bits per heavy atom. The number of aliphatic imine (C=N–C) groups is 1. The molecule has 1 heterocycles. The maximum absolute atomic E-state index is 5.94. The van der Waals surface area contributed by atoms with Crippen LogP contribution < -0.4 is 5.32 Å². The molecule has 1 aromatic carbocycles. The number of unbranched alkanes of at least 4 members (excludes halogenated alkanes) is 4. The monoisotopic (exact) mass is 388 g/mol. The highest BCUT2D eigenvalue weighted by molar-refractivity contribution is 5.80. The van der Waals surface area contributed by atoms with E-state index in [0.717, 1.165) is 32.2 Å². The summed E-state index contributed by atoms with van der Waals surface area (Å²) < 4.78 is 5.94. The van der Waals surface area contributed by atoms with Gasteiger partial charge in [0.05, 0.1) is 13.2 Å². The number of benzene rings is 1. The molecule has 1 fully saturated rings. The quantitative estimate of drug-likeness (QED) is 0.337. The molecule has 1 saturated heterocycles. The standard InChI is InChI=1S/C23H40N4O/c1-24-23(25-15-10-5-4-6-11-16-26(2)3)27-17-14-22(18-27)20-28-19-21-12-8-7-9-13-21/h7-9,12-13,22H,4-6,10-11,14-20H2,1-3H3,(H,24,25). The number of hydrogen-bond acceptors (Lipinski definition) is 3. The fourth-order valence-corrected chi connectivity index (χ4v) is 3.69. The number of nitrogens with zero attached hydrogens (tertiary/aromatic N) is 3. The van der Waals surface area contributed by atoms with Crippen molar-refractivity contribution in [2.24, 2.45) is 10.9 Å². The van der Waals surface area contributed by atoms with Gasteiger partial charge in [-0.3, -0.25) is 4.99 Å². The molecule has 1 aromatic rings. The zero-order valence-corrected chi connectivity index (χ0v) is 18.2. The molecule has 0 spiro atoms. The molecule has 1 aliphatic heterocycles. The van der Waals surface area contributed by atoms with Gasteiger partial charge in [0.1, 0.15) is 0 Å². The van der Waals surface area contributed by atoms with E-state index in [4.69, 9.17) is 4.74 Å². The summed E-state index contributed by atoms with van der Waals surface area (Å²) in [6.07, 6.45) is 7.68. The van der Waals surface area contributed by atoms with Gasteiger partial charge in [0.15, 0.2) is 5.96 Å². The van der Waals surface area contributed by atoms with Crippen molar-refractivity contribution >= 4 is 5.96 Å². The first-order valence-corrected chi connectivity index (χ1v) is 10.9. The van der Waals surface area contributed by atoms with E-state index in [1.807, 2.05) is 13.1 Å². The summed E-state index contributed by atoms with van der Waals surface area (Å²) in [5.74, 6) is 1.65. The molecule has 0 bridgehead atoms. The largest absolute Gasteiger partial charge is 0.376 e. The molecule has 0 amide bonds. The summed E-state index contributed by atoms with van der Waals surface area (Å²) in [5.41, 5.74) is 1.25. The molecule has 0 radical (unpaired) electrons. The van der Waals surface area contributed by atoms with E-state index in [9.17, 15) is 0 Å². The third-order valence-corrected chi connectivity index (χ3v) is 5.33. The van der Waals surface area contributed by atoms with Crippen LogP contribution in [0.4, 0.5) is 0 Å². The van der Waals surface area contributed by atoms with Crippen LogP contribution in [-0.2, 0) is 11.3 Å².